The zero-order valence-corrected chi connectivity index (χ0v) is 10.9. The lowest BCUT2D eigenvalue weighted by molar-refractivity contribution is 0.239. The molecule has 1 atom stereocenters. The van der Waals surface area contributed by atoms with Gasteiger partial charge in [0.1, 0.15) is 12.4 Å². The van der Waals surface area contributed by atoms with Crippen molar-refractivity contribution in [3.05, 3.63) is 23.8 Å². The Hall–Kier alpha value is -1.22. The van der Waals surface area contributed by atoms with Crippen LogP contribution in [0.5, 0.6) is 5.75 Å². The predicted octanol–water partition coefficient (Wildman–Crippen LogP) is 2.57. The van der Waals surface area contributed by atoms with E-state index in [0.717, 1.165) is 25.4 Å². The van der Waals surface area contributed by atoms with Crippen molar-refractivity contribution in [1.82, 2.24) is 5.32 Å². The predicted molar refractivity (Wildman–Crippen MR) is 74.4 cm³/mol. The van der Waals surface area contributed by atoms with E-state index in [0.29, 0.717) is 6.04 Å². The van der Waals surface area contributed by atoms with Crippen molar-refractivity contribution < 1.29 is 4.74 Å². The van der Waals surface area contributed by atoms with Gasteiger partial charge in [-0.05, 0) is 43.9 Å². The van der Waals surface area contributed by atoms with Gasteiger partial charge in [0, 0.05) is 24.3 Å². The van der Waals surface area contributed by atoms with Crippen molar-refractivity contribution in [3.63, 3.8) is 0 Å². The zero-order chi connectivity index (χ0) is 12.2. The van der Waals surface area contributed by atoms with Crippen molar-refractivity contribution in [3.8, 4) is 5.75 Å². The first kappa shape index (κ1) is 11.8. The Morgan fingerprint density at radius 3 is 3.06 bits per heavy atom. The molecule has 0 spiro atoms. The molecule has 3 rings (SSSR count). The summed E-state index contributed by atoms with van der Waals surface area (Å²) in [7, 11) is 0. The van der Waals surface area contributed by atoms with Gasteiger partial charge in [-0.15, -0.1) is 0 Å². The highest BCUT2D eigenvalue weighted by Gasteiger charge is 2.14. The number of fused-ring (bicyclic) bond motifs is 1. The van der Waals surface area contributed by atoms with E-state index in [1.807, 2.05) is 0 Å². The number of aryl methyl sites for hydroxylation is 1. The van der Waals surface area contributed by atoms with Crippen LogP contribution in [-0.2, 0) is 6.42 Å². The Labute approximate surface area is 109 Å². The van der Waals surface area contributed by atoms with Crippen LogP contribution in [0.15, 0.2) is 18.2 Å². The van der Waals surface area contributed by atoms with E-state index in [-0.39, 0.29) is 0 Å². The Morgan fingerprint density at radius 2 is 2.17 bits per heavy atom. The molecule has 1 unspecified atom stereocenters. The number of nitrogens with one attached hydrogen (secondary N) is 2. The zero-order valence-electron chi connectivity index (χ0n) is 10.9. The third kappa shape index (κ3) is 2.78. The van der Waals surface area contributed by atoms with E-state index in [9.17, 15) is 0 Å². The molecule has 3 heteroatoms. The highest BCUT2D eigenvalue weighted by Crippen LogP contribution is 2.26. The van der Waals surface area contributed by atoms with Crippen molar-refractivity contribution in [2.45, 2.75) is 38.1 Å². The Kier molecular flexibility index (Phi) is 3.69. The molecule has 2 aliphatic heterocycles. The summed E-state index contributed by atoms with van der Waals surface area (Å²) in [5.74, 6) is 0.996. The summed E-state index contributed by atoms with van der Waals surface area (Å²) in [4.78, 5) is 0. The molecule has 1 fully saturated rings. The maximum absolute atomic E-state index is 5.91. The first-order valence-corrected chi connectivity index (χ1v) is 7.15. The molecular weight excluding hydrogens is 224 g/mol. The molecule has 0 saturated carbocycles. The van der Waals surface area contributed by atoms with Crippen molar-refractivity contribution >= 4 is 5.69 Å². The summed E-state index contributed by atoms with van der Waals surface area (Å²) in [6, 6.07) is 6.99. The lowest BCUT2D eigenvalue weighted by Crippen LogP contribution is -2.38. The molecule has 1 saturated heterocycles. The number of anilines is 1. The fraction of sp³-hybridized carbons (Fsp3) is 0.600. The van der Waals surface area contributed by atoms with Crippen LogP contribution < -0.4 is 15.4 Å². The topological polar surface area (TPSA) is 33.3 Å². The van der Waals surface area contributed by atoms with E-state index >= 15 is 0 Å². The summed E-state index contributed by atoms with van der Waals surface area (Å²) in [5, 5.41) is 6.96. The van der Waals surface area contributed by atoms with Gasteiger partial charge in [0.05, 0.1) is 0 Å². The van der Waals surface area contributed by atoms with Gasteiger partial charge in [-0.2, -0.15) is 0 Å². The van der Waals surface area contributed by atoms with Crippen LogP contribution >= 0.6 is 0 Å². The standard InChI is InChI=1S/C15H22N2O/c1-2-8-16-13(5-1)11-18-14-7-6-12-4-3-9-17-15(12)10-14/h6-7,10,13,16-17H,1-5,8-9,11H2. The summed E-state index contributed by atoms with van der Waals surface area (Å²) < 4.78 is 5.91. The molecule has 0 aromatic heterocycles. The number of hydrogen-bond donors (Lipinski definition) is 2. The average molecular weight is 246 g/mol. The Bertz CT molecular complexity index is 399. The largest absolute Gasteiger partial charge is 0.492 e. The Balaban J connectivity index is 1.58. The fourth-order valence-electron chi connectivity index (χ4n) is 2.79. The number of piperidine rings is 1. The minimum absolute atomic E-state index is 0.530. The molecule has 0 amide bonds. The molecule has 2 N–H and O–H groups in total. The molecule has 0 radical (unpaired) electrons. The van der Waals surface area contributed by atoms with Crippen molar-refractivity contribution in [2.24, 2.45) is 0 Å². The lowest BCUT2D eigenvalue weighted by atomic mass is 10.0. The first-order chi connectivity index (χ1) is 8.92. The minimum atomic E-state index is 0.530. The van der Waals surface area contributed by atoms with E-state index in [1.54, 1.807) is 0 Å². The van der Waals surface area contributed by atoms with Crippen LogP contribution in [0, 0.1) is 0 Å². The number of hydrogen-bond acceptors (Lipinski definition) is 3. The third-order valence-electron chi connectivity index (χ3n) is 3.88. The molecule has 2 aliphatic rings. The first-order valence-electron chi connectivity index (χ1n) is 7.15. The van der Waals surface area contributed by atoms with Crippen LogP contribution in [0.4, 0.5) is 5.69 Å². The highest BCUT2D eigenvalue weighted by molar-refractivity contribution is 5.56. The molecular formula is C15H22N2O. The van der Waals surface area contributed by atoms with Crippen LogP contribution in [0.3, 0.4) is 0 Å². The van der Waals surface area contributed by atoms with Gasteiger partial charge in [-0.25, -0.2) is 0 Å². The van der Waals surface area contributed by atoms with E-state index in [2.05, 4.69) is 28.8 Å². The fourth-order valence-corrected chi connectivity index (χ4v) is 2.79. The number of benzene rings is 1. The smallest absolute Gasteiger partial charge is 0.121 e. The van der Waals surface area contributed by atoms with Gasteiger partial charge in [0.15, 0.2) is 0 Å². The summed E-state index contributed by atoms with van der Waals surface area (Å²) in [6.07, 6.45) is 6.29. The number of rotatable bonds is 3. The molecule has 3 nitrogen and oxygen atoms in total. The van der Waals surface area contributed by atoms with Gasteiger partial charge >= 0.3 is 0 Å². The summed E-state index contributed by atoms with van der Waals surface area (Å²) >= 11 is 0. The van der Waals surface area contributed by atoms with Gasteiger partial charge in [-0.1, -0.05) is 12.5 Å². The van der Waals surface area contributed by atoms with E-state index in [1.165, 1.54) is 43.4 Å². The molecule has 0 aliphatic carbocycles. The van der Waals surface area contributed by atoms with Gasteiger partial charge in [0.2, 0.25) is 0 Å². The summed E-state index contributed by atoms with van der Waals surface area (Å²) in [6.45, 7) is 3.01. The quantitative estimate of drug-likeness (QED) is 0.860. The molecule has 1 aromatic carbocycles. The van der Waals surface area contributed by atoms with Crippen molar-refractivity contribution in [2.75, 3.05) is 25.0 Å². The van der Waals surface area contributed by atoms with Gasteiger partial charge in [0.25, 0.3) is 0 Å². The maximum Gasteiger partial charge on any atom is 0.121 e. The average Bonchev–Trinajstić information content (AvgIpc) is 2.46. The summed E-state index contributed by atoms with van der Waals surface area (Å²) in [5.41, 5.74) is 2.68. The maximum atomic E-state index is 5.91. The molecule has 1 aromatic rings. The van der Waals surface area contributed by atoms with E-state index in [4.69, 9.17) is 4.74 Å². The second kappa shape index (κ2) is 5.61. The van der Waals surface area contributed by atoms with E-state index < -0.39 is 0 Å². The second-order valence-electron chi connectivity index (χ2n) is 5.31. The van der Waals surface area contributed by atoms with Crippen LogP contribution in [0.2, 0.25) is 0 Å². The Morgan fingerprint density at radius 1 is 1.17 bits per heavy atom. The molecule has 18 heavy (non-hydrogen) atoms. The monoisotopic (exact) mass is 246 g/mol. The number of ether oxygens (including phenoxy) is 1. The lowest BCUT2D eigenvalue weighted by Gasteiger charge is -2.24. The third-order valence-corrected chi connectivity index (χ3v) is 3.88. The van der Waals surface area contributed by atoms with Gasteiger partial charge in [-0.3, -0.25) is 0 Å². The molecule has 0 bridgehead atoms. The minimum Gasteiger partial charge on any atom is -0.492 e. The second-order valence-corrected chi connectivity index (χ2v) is 5.31. The van der Waals surface area contributed by atoms with Crippen molar-refractivity contribution in [1.29, 1.82) is 0 Å². The normalized spacial score (nSPS) is 23.0. The van der Waals surface area contributed by atoms with Crippen LogP contribution in [0.1, 0.15) is 31.2 Å². The molecule has 98 valence electrons. The van der Waals surface area contributed by atoms with Crippen LogP contribution in [-0.4, -0.2) is 25.7 Å². The van der Waals surface area contributed by atoms with Gasteiger partial charge < -0.3 is 15.4 Å². The van der Waals surface area contributed by atoms with Crippen LogP contribution in [0.25, 0.3) is 0 Å². The SMILES string of the molecule is c1cc2c(cc1OCC1CCCCN1)NCCC2. The molecule has 2 heterocycles. The highest BCUT2D eigenvalue weighted by atomic mass is 16.5.